The fraction of sp³-hybridized carbons (Fsp3) is 0.278. The van der Waals surface area contributed by atoms with Gasteiger partial charge in [0, 0.05) is 17.3 Å². The molecule has 1 amide bonds. The lowest BCUT2D eigenvalue weighted by Gasteiger charge is -2.09. The van der Waals surface area contributed by atoms with Crippen LogP contribution < -0.4 is 10.0 Å². The van der Waals surface area contributed by atoms with Crippen LogP contribution in [0.3, 0.4) is 0 Å². The van der Waals surface area contributed by atoms with E-state index in [0.717, 1.165) is 12.1 Å². The predicted octanol–water partition coefficient (Wildman–Crippen LogP) is 3.36. The molecule has 2 aromatic carbocycles. The number of carbonyl (C=O) groups is 1. The average Bonchev–Trinajstić information content (AvgIpc) is 2.96. The lowest BCUT2D eigenvalue weighted by Crippen LogP contribution is -2.12. The minimum absolute atomic E-state index is 0.0627. The van der Waals surface area contributed by atoms with Crippen molar-refractivity contribution >= 4 is 27.3 Å². The van der Waals surface area contributed by atoms with Crippen LogP contribution in [-0.2, 0) is 15.8 Å². The molecule has 0 fully saturated rings. The molecule has 0 bridgehead atoms. The molecule has 0 unspecified atom stereocenters. The molecule has 2 aromatic rings. The summed E-state index contributed by atoms with van der Waals surface area (Å²) in [5.74, 6) is -1.99. The number of nitrogens with one attached hydrogen (secondary N) is 2. The maximum Gasteiger partial charge on any atom is 0.255 e. The minimum Gasteiger partial charge on any atom is -0.506 e. The van der Waals surface area contributed by atoms with E-state index in [9.17, 15) is 28.5 Å². The van der Waals surface area contributed by atoms with E-state index < -0.39 is 21.7 Å². The lowest BCUT2D eigenvalue weighted by atomic mass is 10.1. The van der Waals surface area contributed by atoms with E-state index in [1.807, 2.05) is 27.7 Å². The Hall–Kier alpha value is -2.94. The Balaban J connectivity index is 0.000000855. The summed E-state index contributed by atoms with van der Waals surface area (Å²) < 4.78 is 25.2. The Bertz CT molecular complexity index is 926. The summed E-state index contributed by atoms with van der Waals surface area (Å²) in [7, 11) is -3.54. The minimum atomic E-state index is -3.54. The first-order chi connectivity index (χ1) is 12.7. The van der Waals surface area contributed by atoms with Crippen molar-refractivity contribution < 1.29 is 28.5 Å². The molecule has 1 heterocycles. The largest absolute Gasteiger partial charge is 0.506 e. The number of benzene rings is 2. The molecule has 0 aliphatic carbocycles. The van der Waals surface area contributed by atoms with E-state index in [0.29, 0.717) is 5.56 Å². The van der Waals surface area contributed by atoms with Gasteiger partial charge in [0.2, 0.25) is 10.0 Å². The number of phenols is 3. The number of hydrogen-bond donors (Lipinski definition) is 5. The van der Waals surface area contributed by atoms with Gasteiger partial charge in [-0.2, -0.15) is 0 Å². The number of phenolic OH excluding ortho intramolecular Hbond substituents is 3. The summed E-state index contributed by atoms with van der Waals surface area (Å²) in [4.78, 5) is 12.2. The molecule has 0 radical (unpaired) electrons. The molecule has 3 rings (SSSR count). The monoisotopic (exact) mass is 396 g/mol. The predicted molar refractivity (Wildman–Crippen MR) is 105 cm³/mol. The first-order valence-corrected chi connectivity index (χ1v) is 10.1. The Morgan fingerprint density at radius 1 is 0.963 bits per heavy atom. The molecule has 9 heteroatoms. The highest BCUT2D eigenvalue weighted by atomic mass is 32.2. The van der Waals surface area contributed by atoms with Gasteiger partial charge in [0.05, 0.1) is 11.4 Å². The van der Waals surface area contributed by atoms with Gasteiger partial charge in [-0.3, -0.25) is 9.52 Å². The van der Waals surface area contributed by atoms with Gasteiger partial charge in [0.25, 0.3) is 5.91 Å². The smallest absolute Gasteiger partial charge is 0.255 e. The van der Waals surface area contributed by atoms with Gasteiger partial charge < -0.3 is 20.6 Å². The van der Waals surface area contributed by atoms with Crippen LogP contribution in [0, 0.1) is 0 Å². The van der Waals surface area contributed by atoms with Gasteiger partial charge in [-0.15, -0.1) is 0 Å². The number of hydrogen-bond acceptors (Lipinski definition) is 6. The van der Waals surface area contributed by atoms with Crippen molar-refractivity contribution in [1.29, 1.82) is 0 Å². The second-order valence-electron chi connectivity index (χ2n) is 5.05. The highest BCUT2D eigenvalue weighted by molar-refractivity contribution is 7.92. The van der Waals surface area contributed by atoms with Crippen molar-refractivity contribution in [3.63, 3.8) is 0 Å². The second-order valence-corrected chi connectivity index (χ2v) is 6.77. The number of rotatable bonds is 2. The summed E-state index contributed by atoms with van der Waals surface area (Å²) in [6, 6.07) is 6.25. The third-order valence-electron chi connectivity index (χ3n) is 3.30. The summed E-state index contributed by atoms with van der Waals surface area (Å²) in [6.45, 7) is 8.00. The van der Waals surface area contributed by atoms with Crippen molar-refractivity contribution in [3.8, 4) is 17.2 Å². The van der Waals surface area contributed by atoms with E-state index >= 15 is 0 Å². The topological polar surface area (TPSA) is 136 Å². The number of carbonyl (C=O) groups excluding carboxylic acids is 1. The quantitative estimate of drug-likeness (QED) is 0.390. The van der Waals surface area contributed by atoms with Crippen molar-refractivity contribution in [2.45, 2.75) is 33.4 Å². The SMILES string of the molecule is CC.CC.O=C(Nc1ccc(O)c(O)c1)c1cc(O)c2c(c1)CS(=O)(=O)N2. The van der Waals surface area contributed by atoms with Crippen LogP contribution in [0.5, 0.6) is 17.2 Å². The zero-order valence-corrected chi connectivity index (χ0v) is 16.4. The van der Waals surface area contributed by atoms with Crippen LogP contribution in [-0.4, -0.2) is 29.6 Å². The molecule has 0 atom stereocenters. The molecule has 0 spiro atoms. The van der Waals surface area contributed by atoms with Crippen LogP contribution in [0.2, 0.25) is 0 Å². The highest BCUT2D eigenvalue weighted by Crippen LogP contribution is 2.36. The number of amides is 1. The standard InChI is InChI=1S/C14H12N2O6S.2C2H6/c17-10-2-1-9(5-11(10)18)15-14(20)7-3-8-6-23(21,22)16-13(8)12(19)4-7;2*1-2/h1-5,16-19H,6H2,(H,15,20);2*1-2H3. The first-order valence-electron chi connectivity index (χ1n) is 8.45. The Morgan fingerprint density at radius 3 is 2.19 bits per heavy atom. The Morgan fingerprint density at radius 2 is 1.59 bits per heavy atom. The number of aromatic hydroxyl groups is 3. The molecular formula is C18H24N2O6S. The maximum atomic E-state index is 12.2. The number of anilines is 2. The summed E-state index contributed by atoms with van der Waals surface area (Å²) in [5, 5.41) is 31.0. The van der Waals surface area contributed by atoms with Crippen molar-refractivity contribution in [2.75, 3.05) is 10.0 Å². The molecule has 8 nitrogen and oxygen atoms in total. The van der Waals surface area contributed by atoms with Gasteiger partial charge >= 0.3 is 0 Å². The zero-order valence-electron chi connectivity index (χ0n) is 15.6. The third kappa shape index (κ3) is 5.27. The van der Waals surface area contributed by atoms with Crippen molar-refractivity contribution in [3.05, 3.63) is 41.5 Å². The molecule has 148 valence electrons. The van der Waals surface area contributed by atoms with Crippen LogP contribution in [0.1, 0.15) is 43.6 Å². The molecule has 27 heavy (non-hydrogen) atoms. The fourth-order valence-electron chi connectivity index (χ4n) is 2.25. The Labute approximate surface area is 158 Å². The van der Waals surface area contributed by atoms with Crippen LogP contribution in [0.15, 0.2) is 30.3 Å². The van der Waals surface area contributed by atoms with Gasteiger partial charge in [-0.25, -0.2) is 8.42 Å². The van der Waals surface area contributed by atoms with E-state index in [1.54, 1.807) is 0 Å². The molecule has 0 aromatic heterocycles. The lowest BCUT2D eigenvalue weighted by molar-refractivity contribution is 0.102. The molecule has 5 N–H and O–H groups in total. The average molecular weight is 396 g/mol. The highest BCUT2D eigenvalue weighted by Gasteiger charge is 2.27. The van der Waals surface area contributed by atoms with E-state index in [1.165, 1.54) is 18.2 Å². The number of sulfonamides is 1. The molecule has 0 saturated carbocycles. The van der Waals surface area contributed by atoms with Gasteiger partial charge in [0.15, 0.2) is 11.5 Å². The molecule has 1 aliphatic rings. The van der Waals surface area contributed by atoms with Crippen molar-refractivity contribution in [2.24, 2.45) is 0 Å². The van der Waals surface area contributed by atoms with E-state index in [-0.39, 0.29) is 34.2 Å². The summed E-state index contributed by atoms with van der Waals surface area (Å²) >= 11 is 0. The van der Waals surface area contributed by atoms with E-state index in [2.05, 4.69) is 10.0 Å². The first kappa shape index (κ1) is 22.1. The third-order valence-corrected chi connectivity index (χ3v) is 4.50. The molecule has 1 aliphatic heterocycles. The van der Waals surface area contributed by atoms with E-state index in [4.69, 9.17) is 0 Å². The number of fused-ring (bicyclic) bond motifs is 1. The van der Waals surface area contributed by atoms with Crippen LogP contribution in [0.25, 0.3) is 0 Å². The van der Waals surface area contributed by atoms with Gasteiger partial charge in [-0.05, 0) is 29.8 Å². The summed E-state index contributed by atoms with van der Waals surface area (Å²) in [6.07, 6.45) is 0. The maximum absolute atomic E-state index is 12.2. The van der Waals surface area contributed by atoms with Gasteiger partial charge in [-0.1, -0.05) is 27.7 Å². The second kappa shape index (κ2) is 9.13. The fourth-order valence-corrected chi connectivity index (χ4v) is 3.50. The molecular weight excluding hydrogens is 372 g/mol. The Kier molecular flexibility index (Phi) is 7.47. The van der Waals surface area contributed by atoms with Gasteiger partial charge in [0.1, 0.15) is 5.75 Å². The zero-order chi connectivity index (χ0) is 20.8. The molecule has 0 saturated heterocycles. The van der Waals surface area contributed by atoms with Crippen LogP contribution in [0.4, 0.5) is 11.4 Å². The summed E-state index contributed by atoms with van der Waals surface area (Å²) in [5.41, 5.74) is 0.663. The van der Waals surface area contributed by atoms with Crippen molar-refractivity contribution in [1.82, 2.24) is 0 Å². The van der Waals surface area contributed by atoms with Crippen LogP contribution >= 0.6 is 0 Å². The normalized spacial score (nSPS) is 13.0.